The van der Waals surface area contributed by atoms with Crippen molar-refractivity contribution in [1.82, 2.24) is 20.2 Å². The number of nitrogens with zero attached hydrogens (tertiary/aromatic N) is 3. The van der Waals surface area contributed by atoms with Crippen LogP contribution in [0.5, 0.6) is 0 Å². The molecular weight excluding hydrogens is 316 g/mol. The van der Waals surface area contributed by atoms with E-state index in [0.717, 1.165) is 16.3 Å². The highest BCUT2D eigenvalue weighted by molar-refractivity contribution is 7.09. The third kappa shape index (κ3) is 4.76. The molecule has 0 aliphatic carbocycles. The summed E-state index contributed by atoms with van der Waals surface area (Å²) in [5.74, 6) is -0.0506. The third-order valence-electron chi connectivity index (χ3n) is 3.15. The summed E-state index contributed by atoms with van der Waals surface area (Å²) in [5, 5.41) is 4.91. The van der Waals surface area contributed by atoms with Gasteiger partial charge in [0.05, 0.1) is 24.5 Å². The molecule has 0 aromatic carbocycles. The molecule has 0 bridgehead atoms. The lowest BCUT2D eigenvalue weighted by atomic mass is 10.3. The second kappa shape index (κ2) is 7.70. The van der Waals surface area contributed by atoms with Crippen molar-refractivity contribution >= 4 is 17.2 Å². The molecule has 0 aliphatic rings. The predicted octanol–water partition coefficient (Wildman–Crippen LogP) is 2.04. The number of oxazole rings is 2. The van der Waals surface area contributed by atoms with E-state index in [4.69, 9.17) is 8.83 Å². The molecule has 3 aromatic heterocycles. The Balaban J connectivity index is 1.56. The molecule has 3 aromatic rings. The molecule has 0 atom stereocenters. The molecule has 0 unspecified atom stereocenters. The van der Waals surface area contributed by atoms with Gasteiger partial charge in [-0.2, -0.15) is 0 Å². The largest absolute Gasteiger partial charge is 0.451 e. The fourth-order valence-corrected chi connectivity index (χ4v) is 2.76. The van der Waals surface area contributed by atoms with E-state index in [1.807, 2.05) is 22.4 Å². The number of hydrogen-bond acceptors (Lipinski definition) is 7. The van der Waals surface area contributed by atoms with E-state index in [1.54, 1.807) is 23.9 Å². The van der Waals surface area contributed by atoms with Gasteiger partial charge in [0.1, 0.15) is 12.5 Å². The van der Waals surface area contributed by atoms with Crippen molar-refractivity contribution in [1.29, 1.82) is 0 Å². The van der Waals surface area contributed by atoms with Crippen LogP contribution >= 0.6 is 11.3 Å². The normalized spacial score (nSPS) is 11.0. The summed E-state index contributed by atoms with van der Waals surface area (Å²) in [6.07, 6.45) is 5.89. The van der Waals surface area contributed by atoms with Gasteiger partial charge in [0.25, 0.3) is 0 Å². The fourth-order valence-electron chi connectivity index (χ4n) is 2.11. The van der Waals surface area contributed by atoms with Crippen molar-refractivity contribution in [3.05, 3.63) is 59.1 Å². The van der Waals surface area contributed by atoms with Crippen LogP contribution in [-0.2, 0) is 24.4 Å². The standard InChI is InChI=1S/C15H16N4O3S/c20-15(16-4-14-2-1-3-23-14)7-19(5-12-8-21-10-17-12)6-13-9-22-11-18-13/h1-3,8-11H,4-7H2,(H,16,20). The molecule has 0 saturated carbocycles. The first-order valence-electron chi connectivity index (χ1n) is 7.05. The lowest BCUT2D eigenvalue weighted by Gasteiger charge is -2.19. The highest BCUT2D eigenvalue weighted by atomic mass is 32.1. The molecule has 3 rings (SSSR count). The first kappa shape index (κ1) is 15.4. The Kier molecular flexibility index (Phi) is 5.17. The quantitative estimate of drug-likeness (QED) is 0.679. The zero-order valence-electron chi connectivity index (χ0n) is 12.3. The Bertz CT molecular complexity index is 659. The van der Waals surface area contributed by atoms with E-state index in [0.29, 0.717) is 19.6 Å². The van der Waals surface area contributed by atoms with Gasteiger partial charge in [-0.05, 0) is 11.4 Å². The van der Waals surface area contributed by atoms with Gasteiger partial charge in [-0.25, -0.2) is 9.97 Å². The smallest absolute Gasteiger partial charge is 0.234 e. The number of nitrogens with one attached hydrogen (secondary N) is 1. The summed E-state index contributed by atoms with van der Waals surface area (Å²) in [4.78, 5) is 23.4. The van der Waals surface area contributed by atoms with Gasteiger partial charge in [0.15, 0.2) is 12.8 Å². The number of hydrogen-bond donors (Lipinski definition) is 1. The van der Waals surface area contributed by atoms with Crippen LogP contribution in [0.2, 0.25) is 0 Å². The van der Waals surface area contributed by atoms with E-state index in [-0.39, 0.29) is 12.5 Å². The predicted molar refractivity (Wildman–Crippen MR) is 83.3 cm³/mol. The summed E-state index contributed by atoms with van der Waals surface area (Å²) in [6, 6.07) is 3.96. The van der Waals surface area contributed by atoms with Crippen molar-refractivity contribution in [2.24, 2.45) is 0 Å². The SMILES string of the molecule is O=C(CN(Cc1cocn1)Cc1cocn1)NCc1cccs1. The van der Waals surface area contributed by atoms with Gasteiger partial charge in [-0.3, -0.25) is 9.69 Å². The van der Waals surface area contributed by atoms with E-state index >= 15 is 0 Å². The van der Waals surface area contributed by atoms with Crippen LogP contribution in [-0.4, -0.2) is 27.3 Å². The van der Waals surface area contributed by atoms with E-state index < -0.39 is 0 Å². The maximum atomic E-state index is 12.2. The van der Waals surface area contributed by atoms with E-state index in [9.17, 15) is 4.79 Å². The van der Waals surface area contributed by atoms with Crippen LogP contribution in [0, 0.1) is 0 Å². The molecule has 0 spiro atoms. The Morgan fingerprint density at radius 3 is 2.39 bits per heavy atom. The molecule has 1 N–H and O–H groups in total. The topological polar surface area (TPSA) is 84.4 Å². The maximum absolute atomic E-state index is 12.2. The summed E-state index contributed by atoms with van der Waals surface area (Å²) < 4.78 is 9.96. The number of amides is 1. The average Bonchev–Trinajstić information content (AvgIpc) is 3.29. The highest BCUT2D eigenvalue weighted by Gasteiger charge is 2.14. The van der Waals surface area contributed by atoms with Crippen LogP contribution in [0.4, 0.5) is 0 Å². The Hall–Kier alpha value is -2.45. The number of carbonyl (C=O) groups is 1. The Morgan fingerprint density at radius 2 is 1.87 bits per heavy atom. The second-order valence-electron chi connectivity index (χ2n) is 4.96. The lowest BCUT2D eigenvalue weighted by molar-refractivity contribution is -0.122. The monoisotopic (exact) mass is 332 g/mol. The van der Waals surface area contributed by atoms with Gasteiger partial charge in [-0.1, -0.05) is 6.07 Å². The zero-order valence-corrected chi connectivity index (χ0v) is 13.2. The van der Waals surface area contributed by atoms with Crippen LogP contribution in [0.15, 0.2) is 51.7 Å². The molecule has 23 heavy (non-hydrogen) atoms. The molecule has 0 aliphatic heterocycles. The lowest BCUT2D eigenvalue weighted by Crippen LogP contribution is -2.36. The number of carbonyl (C=O) groups excluding carboxylic acids is 1. The van der Waals surface area contributed by atoms with Gasteiger partial charge in [0, 0.05) is 18.0 Å². The van der Waals surface area contributed by atoms with Crippen LogP contribution in [0.25, 0.3) is 0 Å². The van der Waals surface area contributed by atoms with Crippen molar-refractivity contribution in [3.8, 4) is 0 Å². The minimum absolute atomic E-state index is 0.0506. The summed E-state index contributed by atoms with van der Waals surface area (Å²) in [5.41, 5.74) is 1.53. The number of aromatic nitrogens is 2. The molecule has 0 radical (unpaired) electrons. The van der Waals surface area contributed by atoms with Crippen LogP contribution < -0.4 is 5.32 Å². The van der Waals surface area contributed by atoms with Crippen LogP contribution in [0.1, 0.15) is 16.3 Å². The van der Waals surface area contributed by atoms with Crippen LogP contribution in [0.3, 0.4) is 0 Å². The van der Waals surface area contributed by atoms with Crippen molar-refractivity contribution in [3.63, 3.8) is 0 Å². The number of thiophene rings is 1. The molecular formula is C15H16N4O3S. The van der Waals surface area contributed by atoms with Gasteiger partial charge < -0.3 is 14.2 Å². The fraction of sp³-hybridized carbons (Fsp3) is 0.267. The molecule has 8 heteroatoms. The molecule has 1 amide bonds. The molecule has 7 nitrogen and oxygen atoms in total. The van der Waals surface area contributed by atoms with E-state index in [2.05, 4.69) is 15.3 Å². The van der Waals surface area contributed by atoms with Crippen molar-refractivity contribution in [2.75, 3.05) is 6.54 Å². The summed E-state index contributed by atoms with van der Waals surface area (Å²) in [7, 11) is 0. The summed E-state index contributed by atoms with van der Waals surface area (Å²) >= 11 is 1.62. The first-order valence-corrected chi connectivity index (χ1v) is 7.93. The zero-order chi connectivity index (χ0) is 15.9. The third-order valence-corrected chi connectivity index (χ3v) is 4.02. The minimum Gasteiger partial charge on any atom is -0.451 e. The number of rotatable bonds is 8. The average molecular weight is 332 g/mol. The van der Waals surface area contributed by atoms with Crippen molar-refractivity contribution in [2.45, 2.75) is 19.6 Å². The summed E-state index contributed by atoms with van der Waals surface area (Å²) in [6.45, 7) is 1.77. The Labute approximate surface area is 137 Å². The molecule has 120 valence electrons. The second-order valence-corrected chi connectivity index (χ2v) is 5.99. The van der Waals surface area contributed by atoms with E-state index in [1.165, 1.54) is 12.8 Å². The molecule has 0 fully saturated rings. The first-order chi connectivity index (χ1) is 11.3. The maximum Gasteiger partial charge on any atom is 0.234 e. The molecule has 0 saturated heterocycles. The minimum atomic E-state index is -0.0506. The van der Waals surface area contributed by atoms with Crippen molar-refractivity contribution < 1.29 is 13.6 Å². The Morgan fingerprint density at radius 1 is 1.17 bits per heavy atom. The van der Waals surface area contributed by atoms with Gasteiger partial charge >= 0.3 is 0 Å². The highest BCUT2D eigenvalue weighted by Crippen LogP contribution is 2.09. The van der Waals surface area contributed by atoms with Gasteiger partial charge in [0.2, 0.25) is 5.91 Å². The molecule has 3 heterocycles. The van der Waals surface area contributed by atoms with Gasteiger partial charge in [-0.15, -0.1) is 11.3 Å².